The third kappa shape index (κ3) is 5.01. The highest BCUT2D eigenvalue weighted by atomic mass is 19.1. The van der Waals surface area contributed by atoms with Crippen LogP contribution in [0.25, 0.3) is 0 Å². The Morgan fingerprint density at radius 3 is 2.88 bits per heavy atom. The van der Waals surface area contributed by atoms with E-state index in [0.717, 1.165) is 19.4 Å². The topological polar surface area (TPSA) is 115 Å². The van der Waals surface area contributed by atoms with Crippen LogP contribution in [0.3, 0.4) is 0 Å². The van der Waals surface area contributed by atoms with E-state index in [-0.39, 0.29) is 29.2 Å². The fourth-order valence-electron chi connectivity index (χ4n) is 5.08. The molecule has 0 bridgehead atoms. The molecule has 33 heavy (non-hydrogen) atoms. The summed E-state index contributed by atoms with van der Waals surface area (Å²) in [6, 6.07) is 5.90. The van der Waals surface area contributed by atoms with Crippen LogP contribution in [0.2, 0.25) is 0 Å². The van der Waals surface area contributed by atoms with Crippen LogP contribution in [0.5, 0.6) is 5.75 Å². The van der Waals surface area contributed by atoms with Gasteiger partial charge in [-0.3, -0.25) is 15.3 Å². The number of nitrogens with zero attached hydrogens (tertiary/aromatic N) is 4. The molecular formula is C23H33FN8O. The Labute approximate surface area is 194 Å². The minimum atomic E-state index is -0.480. The van der Waals surface area contributed by atoms with Crippen molar-refractivity contribution in [2.45, 2.75) is 64.1 Å². The number of aromatic nitrogens is 2. The molecule has 2 aliphatic rings. The normalized spacial score (nSPS) is 21.9. The molecule has 0 aliphatic carbocycles. The quantitative estimate of drug-likeness (QED) is 0.224. The summed E-state index contributed by atoms with van der Waals surface area (Å²) in [7, 11) is 1.55. The molecule has 0 spiro atoms. The second-order valence-electron chi connectivity index (χ2n) is 9.47. The lowest BCUT2D eigenvalue weighted by Crippen LogP contribution is -2.55. The minimum Gasteiger partial charge on any atom is -0.497 e. The van der Waals surface area contributed by atoms with E-state index in [2.05, 4.69) is 39.3 Å². The number of amidine groups is 1. The number of fused-ring (bicyclic) bond motifs is 1. The van der Waals surface area contributed by atoms with Crippen molar-refractivity contribution in [3.8, 4) is 5.75 Å². The number of nitrogens with one attached hydrogen (secondary N) is 3. The van der Waals surface area contributed by atoms with Gasteiger partial charge in [-0.15, -0.1) is 0 Å². The second-order valence-corrected chi connectivity index (χ2v) is 9.47. The van der Waals surface area contributed by atoms with Gasteiger partial charge in [-0.25, -0.2) is 15.2 Å². The Bertz CT molecular complexity index is 1030. The summed E-state index contributed by atoms with van der Waals surface area (Å²) in [5.41, 5.74) is 1.24. The maximum Gasteiger partial charge on any atom is 0.229 e. The Morgan fingerprint density at radius 1 is 1.36 bits per heavy atom. The molecule has 4 rings (SSSR count). The SMILES string of the molecule is COc1cc(Nc2ncc(F)c(NC3CC4CCCN4C(C)(C)C3)n2)cc(N(N)C(C)=N)c1. The van der Waals surface area contributed by atoms with E-state index in [1.807, 2.05) is 0 Å². The summed E-state index contributed by atoms with van der Waals surface area (Å²) >= 11 is 0. The first-order valence-corrected chi connectivity index (χ1v) is 11.3. The third-order valence-corrected chi connectivity index (χ3v) is 6.56. The van der Waals surface area contributed by atoms with Gasteiger partial charge in [-0.05, 0) is 59.1 Å². The van der Waals surface area contributed by atoms with Crippen LogP contribution in [-0.2, 0) is 0 Å². The van der Waals surface area contributed by atoms with Crippen molar-refractivity contribution >= 4 is 29.0 Å². The van der Waals surface area contributed by atoms with Gasteiger partial charge in [-0.1, -0.05) is 0 Å². The Balaban J connectivity index is 1.53. The zero-order chi connectivity index (χ0) is 23.8. The average Bonchev–Trinajstić information content (AvgIpc) is 3.24. The van der Waals surface area contributed by atoms with Crippen molar-refractivity contribution < 1.29 is 9.13 Å². The molecule has 2 saturated heterocycles. The van der Waals surface area contributed by atoms with Crippen LogP contribution < -0.4 is 26.2 Å². The summed E-state index contributed by atoms with van der Waals surface area (Å²) < 4.78 is 20.0. The van der Waals surface area contributed by atoms with Crippen LogP contribution in [0, 0.1) is 11.2 Å². The third-order valence-electron chi connectivity index (χ3n) is 6.56. The van der Waals surface area contributed by atoms with E-state index in [4.69, 9.17) is 16.0 Å². The molecule has 2 atom stereocenters. The number of hydrazine groups is 1. The summed E-state index contributed by atoms with van der Waals surface area (Å²) in [4.78, 5) is 11.1. The van der Waals surface area contributed by atoms with E-state index >= 15 is 0 Å². The monoisotopic (exact) mass is 456 g/mol. The Morgan fingerprint density at radius 2 is 2.15 bits per heavy atom. The predicted octanol–water partition coefficient (Wildman–Crippen LogP) is 3.86. The molecule has 2 fully saturated rings. The molecule has 0 radical (unpaired) electrons. The number of piperidine rings is 1. The molecule has 0 saturated carbocycles. The lowest BCUT2D eigenvalue weighted by atomic mass is 9.84. The highest BCUT2D eigenvalue weighted by Crippen LogP contribution is 2.38. The molecule has 5 N–H and O–H groups in total. The molecule has 2 aliphatic heterocycles. The zero-order valence-corrected chi connectivity index (χ0v) is 19.7. The fourth-order valence-corrected chi connectivity index (χ4v) is 5.08. The standard InChI is InChI=1S/C23H33FN8O/c1-14(25)32(26)18-8-15(10-19(11-18)33-4)29-22-27-13-20(24)21(30-22)28-16-9-17-6-5-7-31(17)23(2,3)12-16/h8,10-11,13,16-17,25H,5-7,9,12,26H2,1-4H3,(H2,27,28,29,30). The van der Waals surface area contributed by atoms with Crippen LogP contribution in [0.4, 0.5) is 27.5 Å². The highest BCUT2D eigenvalue weighted by molar-refractivity contribution is 5.93. The number of nitrogens with two attached hydrogens (primary N) is 1. The van der Waals surface area contributed by atoms with E-state index in [9.17, 15) is 4.39 Å². The van der Waals surface area contributed by atoms with Gasteiger partial charge in [0, 0.05) is 35.4 Å². The molecular weight excluding hydrogens is 423 g/mol. The smallest absolute Gasteiger partial charge is 0.229 e. The lowest BCUT2D eigenvalue weighted by molar-refractivity contribution is 0.0500. The minimum absolute atomic E-state index is 0.0692. The van der Waals surface area contributed by atoms with Crippen molar-refractivity contribution in [3.63, 3.8) is 0 Å². The van der Waals surface area contributed by atoms with Crippen LogP contribution in [0.1, 0.15) is 46.5 Å². The molecule has 2 aromatic rings. The van der Waals surface area contributed by atoms with Gasteiger partial charge in [0.1, 0.15) is 11.6 Å². The van der Waals surface area contributed by atoms with Crippen molar-refractivity contribution in [1.29, 1.82) is 5.41 Å². The molecule has 2 unspecified atom stereocenters. The molecule has 0 amide bonds. The number of methoxy groups -OCH3 is 1. The van der Waals surface area contributed by atoms with E-state index in [0.29, 0.717) is 23.2 Å². The van der Waals surface area contributed by atoms with E-state index in [1.54, 1.807) is 32.2 Å². The number of benzene rings is 1. The molecule has 9 nitrogen and oxygen atoms in total. The van der Waals surface area contributed by atoms with E-state index in [1.165, 1.54) is 24.0 Å². The predicted molar refractivity (Wildman–Crippen MR) is 129 cm³/mol. The van der Waals surface area contributed by atoms with Crippen LogP contribution in [-0.4, -0.2) is 52.0 Å². The molecule has 1 aromatic heterocycles. The summed E-state index contributed by atoms with van der Waals surface area (Å²) in [5, 5.41) is 15.4. The zero-order valence-electron chi connectivity index (χ0n) is 19.7. The number of hydrogen-bond donors (Lipinski definition) is 4. The summed E-state index contributed by atoms with van der Waals surface area (Å²) in [6.45, 7) is 7.25. The Kier molecular flexibility index (Phi) is 6.40. The molecule has 178 valence electrons. The van der Waals surface area contributed by atoms with E-state index < -0.39 is 5.82 Å². The van der Waals surface area contributed by atoms with Gasteiger partial charge in [0.25, 0.3) is 0 Å². The largest absolute Gasteiger partial charge is 0.497 e. The first-order valence-electron chi connectivity index (χ1n) is 11.3. The highest BCUT2D eigenvalue weighted by Gasteiger charge is 2.43. The number of hydrogen-bond acceptors (Lipinski definition) is 8. The van der Waals surface area contributed by atoms with Crippen molar-refractivity contribution in [2.75, 3.05) is 29.3 Å². The van der Waals surface area contributed by atoms with Gasteiger partial charge in [0.15, 0.2) is 11.6 Å². The van der Waals surface area contributed by atoms with Gasteiger partial charge >= 0.3 is 0 Å². The first kappa shape index (κ1) is 23.2. The lowest BCUT2D eigenvalue weighted by Gasteiger charge is -2.47. The number of ether oxygens (including phenoxy) is 1. The molecule has 10 heteroatoms. The molecule has 3 heterocycles. The number of anilines is 4. The number of halogens is 1. The molecule has 1 aromatic carbocycles. The van der Waals surface area contributed by atoms with Gasteiger partial charge in [0.2, 0.25) is 5.95 Å². The van der Waals surface area contributed by atoms with Crippen LogP contribution >= 0.6 is 0 Å². The van der Waals surface area contributed by atoms with Crippen molar-refractivity contribution in [1.82, 2.24) is 14.9 Å². The van der Waals surface area contributed by atoms with Crippen LogP contribution in [0.15, 0.2) is 24.4 Å². The average molecular weight is 457 g/mol. The van der Waals surface area contributed by atoms with Crippen molar-refractivity contribution in [3.05, 3.63) is 30.2 Å². The Hall–Kier alpha value is -2.98. The maximum absolute atomic E-state index is 14.6. The summed E-state index contributed by atoms with van der Waals surface area (Å²) in [6.07, 6.45) is 5.48. The second kappa shape index (κ2) is 9.11. The van der Waals surface area contributed by atoms with Crippen molar-refractivity contribution in [2.24, 2.45) is 5.84 Å². The summed E-state index contributed by atoms with van der Waals surface area (Å²) in [5.74, 6) is 6.66. The first-order chi connectivity index (χ1) is 15.7. The van der Waals surface area contributed by atoms with Gasteiger partial charge in [0.05, 0.1) is 19.0 Å². The fraction of sp³-hybridized carbons (Fsp3) is 0.522. The van der Waals surface area contributed by atoms with Gasteiger partial charge < -0.3 is 15.4 Å². The van der Waals surface area contributed by atoms with Gasteiger partial charge in [-0.2, -0.15) is 4.98 Å². The number of rotatable bonds is 6. The maximum atomic E-state index is 14.6.